The van der Waals surface area contributed by atoms with Crippen molar-refractivity contribution in [2.24, 2.45) is 17.8 Å². The molecule has 0 N–H and O–H groups in total. The highest BCUT2D eigenvalue weighted by Gasteiger charge is 2.48. The van der Waals surface area contributed by atoms with Gasteiger partial charge in [-0.25, -0.2) is 4.90 Å². The number of allylic oxidation sites excluding steroid dienone is 2. The Morgan fingerprint density at radius 2 is 1.50 bits per heavy atom. The van der Waals surface area contributed by atoms with Crippen molar-refractivity contribution >= 4 is 35.1 Å². The summed E-state index contributed by atoms with van der Waals surface area (Å²) in [5.74, 6) is -1.62. The number of anilines is 2. The second kappa shape index (κ2) is 8.78. The van der Waals surface area contributed by atoms with Crippen LogP contribution in [-0.2, 0) is 19.2 Å². The molecule has 2 aliphatic heterocycles. The van der Waals surface area contributed by atoms with Crippen molar-refractivity contribution in [1.29, 1.82) is 0 Å². The van der Waals surface area contributed by atoms with Crippen molar-refractivity contribution in [2.75, 3.05) is 23.5 Å². The van der Waals surface area contributed by atoms with Crippen molar-refractivity contribution in [1.82, 2.24) is 0 Å². The van der Waals surface area contributed by atoms with Crippen LogP contribution in [0, 0.1) is 17.8 Å². The molecule has 3 amide bonds. The van der Waals surface area contributed by atoms with Gasteiger partial charge < -0.3 is 14.4 Å². The predicted molar refractivity (Wildman–Crippen MR) is 123 cm³/mol. The third-order valence-corrected chi connectivity index (χ3v) is 6.63. The Morgan fingerprint density at radius 3 is 2.18 bits per heavy atom. The zero-order chi connectivity index (χ0) is 23.8. The number of carbonyl (C=O) groups is 4. The average molecular weight is 460 g/mol. The zero-order valence-corrected chi connectivity index (χ0v) is 18.7. The second-order valence-electron chi connectivity index (χ2n) is 8.69. The Kier molecular flexibility index (Phi) is 5.65. The van der Waals surface area contributed by atoms with E-state index in [1.54, 1.807) is 54.5 Å². The van der Waals surface area contributed by atoms with E-state index in [2.05, 4.69) is 0 Å². The number of benzene rings is 2. The van der Waals surface area contributed by atoms with Gasteiger partial charge in [-0.3, -0.25) is 19.2 Å². The van der Waals surface area contributed by atoms with Crippen molar-refractivity contribution in [3.05, 3.63) is 60.7 Å². The maximum atomic E-state index is 12.9. The second-order valence-corrected chi connectivity index (χ2v) is 8.69. The molecule has 0 radical (unpaired) electrons. The van der Waals surface area contributed by atoms with Gasteiger partial charge in [-0.1, -0.05) is 24.3 Å². The maximum Gasteiger partial charge on any atom is 0.316 e. The molecule has 8 nitrogen and oxygen atoms in total. The molecule has 3 aliphatic rings. The summed E-state index contributed by atoms with van der Waals surface area (Å²) >= 11 is 0. The number of rotatable bonds is 5. The fourth-order valence-electron chi connectivity index (χ4n) is 4.83. The molecule has 2 aromatic carbocycles. The minimum absolute atomic E-state index is 0.0369. The Hall–Kier alpha value is -3.94. The van der Waals surface area contributed by atoms with Crippen LogP contribution < -0.4 is 19.3 Å². The van der Waals surface area contributed by atoms with Gasteiger partial charge >= 0.3 is 5.97 Å². The third kappa shape index (κ3) is 3.85. The fourth-order valence-corrected chi connectivity index (χ4v) is 4.83. The molecule has 8 heteroatoms. The molecule has 0 unspecified atom stereocenters. The number of amides is 3. The first kappa shape index (κ1) is 21.9. The molecule has 2 aromatic rings. The lowest BCUT2D eigenvalue weighted by molar-refractivity contribution is -0.139. The van der Waals surface area contributed by atoms with Crippen LogP contribution in [0.4, 0.5) is 11.4 Å². The van der Waals surface area contributed by atoms with Crippen LogP contribution in [0.1, 0.15) is 19.3 Å². The Balaban J connectivity index is 1.29. The Morgan fingerprint density at radius 1 is 0.882 bits per heavy atom. The number of hydrogen-bond donors (Lipinski definition) is 0. The first-order valence-corrected chi connectivity index (χ1v) is 11.2. The maximum absolute atomic E-state index is 12.9. The molecule has 0 saturated carbocycles. The molecule has 1 aliphatic carbocycles. The molecule has 34 heavy (non-hydrogen) atoms. The van der Waals surface area contributed by atoms with Crippen LogP contribution >= 0.6 is 0 Å². The topological polar surface area (TPSA) is 93.2 Å². The molecule has 2 heterocycles. The van der Waals surface area contributed by atoms with Crippen LogP contribution in [0.25, 0.3) is 0 Å². The third-order valence-electron chi connectivity index (χ3n) is 6.63. The quantitative estimate of drug-likeness (QED) is 0.295. The van der Waals surface area contributed by atoms with Gasteiger partial charge in [0.25, 0.3) is 0 Å². The number of fused-ring (bicyclic) bond motifs is 1. The van der Waals surface area contributed by atoms with Crippen LogP contribution in [0.5, 0.6) is 11.5 Å². The molecule has 5 rings (SSSR count). The largest absolute Gasteiger partial charge is 0.497 e. The number of esters is 1. The standard InChI is InChI=1S/C26H24N2O6/c1-33-19-8-4-6-17(13-19)27-15-16(12-23(27)29)26(32)34-20-9-5-7-18(14-20)28-24(30)21-10-2-3-11-22(21)25(28)31/h2-9,13-14,16,21-22H,10-12,15H2,1H3/t16-,21-,22-/m1/s1. The van der Waals surface area contributed by atoms with Gasteiger partial charge in [-0.15, -0.1) is 0 Å². The molecular formula is C26H24N2O6. The predicted octanol–water partition coefficient (Wildman–Crippen LogP) is 3.11. The number of imide groups is 1. The van der Waals surface area contributed by atoms with E-state index in [4.69, 9.17) is 9.47 Å². The summed E-state index contributed by atoms with van der Waals surface area (Å²) in [7, 11) is 1.55. The van der Waals surface area contributed by atoms with Crippen molar-refractivity contribution in [3.63, 3.8) is 0 Å². The van der Waals surface area contributed by atoms with Crippen LogP contribution in [-0.4, -0.2) is 37.3 Å². The van der Waals surface area contributed by atoms with Gasteiger partial charge in [0.1, 0.15) is 11.5 Å². The number of carbonyl (C=O) groups excluding carboxylic acids is 4. The van der Waals surface area contributed by atoms with Gasteiger partial charge in [-0.2, -0.15) is 0 Å². The molecule has 174 valence electrons. The summed E-state index contributed by atoms with van der Waals surface area (Å²) in [5, 5.41) is 0. The summed E-state index contributed by atoms with van der Waals surface area (Å²) in [6.07, 6.45) is 5.02. The normalized spacial score (nSPS) is 23.9. The first-order valence-electron chi connectivity index (χ1n) is 11.2. The van der Waals surface area contributed by atoms with E-state index in [0.717, 1.165) is 0 Å². The van der Waals surface area contributed by atoms with Crippen molar-refractivity contribution in [2.45, 2.75) is 19.3 Å². The van der Waals surface area contributed by atoms with E-state index in [-0.39, 0.29) is 48.3 Å². The SMILES string of the molecule is COc1cccc(N2C[C@H](C(=O)Oc3cccc(N4C(=O)[C@@H]5CC=CC[C@H]5C4=O)c3)CC2=O)c1. The summed E-state index contributed by atoms with van der Waals surface area (Å²) in [6, 6.07) is 13.5. The van der Waals surface area contributed by atoms with Gasteiger partial charge in [0.05, 0.1) is 30.6 Å². The summed E-state index contributed by atoms with van der Waals surface area (Å²) in [4.78, 5) is 53.9. The van der Waals surface area contributed by atoms with E-state index >= 15 is 0 Å². The van der Waals surface area contributed by atoms with Gasteiger partial charge in [0.2, 0.25) is 17.7 Å². The highest BCUT2D eigenvalue weighted by Crippen LogP contribution is 2.38. The van der Waals surface area contributed by atoms with E-state index in [9.17, 15) is 19.2 Å². The fraction of sp³-hybridized carbons (Fsp3) is 0.308. The monoisotopic (exact) mass is 460 g/mol. The van der Waals surface area contributed by atoms with Gasteiger partial charge in [0, 0.05) is 30.8 Å². The van der Waals surface area contributed by atoms with Crippen LogP contribution in [0.2, 0.25) is 0 Å². The summed E-state index contributed by atoms with van der Waals surface area (Å²) in [6.45, 7) is 0.198. The van der Waals surface area contributed by atoms with E-state index < -0.39 is 11.9 Å². The first-order chi connectivity index (χ1) is 16.5. The highest BCUT2D eigenvalue weighted by molar-refractivity contribution is 6.22. The molecular weight excluding hydrogens is 436 g/mol. The Labute approximate surface area is 196 Å². The Bertz CT molecular complexity index is 1180. The summed E-state index contributed by atoms with van der Waals surface area (Å²) in [5.41, 5.74) is 1.04. The minimum Gasteiger partial charge on any atom is -0.497 e. The van der Waals surface area contributed by atoms with E-state index in [0.29, 0.717) is 30.0 Å². The minimum atomic E-state index is -0.633. The number of nitrogens with zero attached hydrogens (tertiary/aromatic N) is 2. The molecule has 0 bridgehead atoms. The van der Waals surface area contributed by atoms with Crippen LogP contribution in [0.15, 0.2) is 60.7 Å². The smallest absolute Gasteiger partial charge is 0.316 e. The van der Waals surface area contributed by atoms with Gasteiger partial charge in [-0.05, 0) is 37.1 Å². The lowest BCUT2D eigenvalue weighted by atomic mass is 9.85. The summed E-state index contributed by atoms with van der Waals surface area (Å²) < 4.78 is 10.8. The van der Waals surface area contributed by atoms with Crippen molar-refractivity contribution < 1.29 is 28.7 Å². The number of ether oxygens (including phenoxy) is 2. The van der Waals surface area contributed by atoms with E-state index in [1.807, 2.05) is 12.2 Å². The molecule has 3 atom stereocenters. The number of hydrogen-bond acceptors (Lipinski definition) is 6. The molecule has 0 aromatic heterocycles. The molecule has 2 saturated heterocycles. The van der Waals surface area contributed by atoms with E-state index in [1.165, 1.54) is 11.0 Å². The molecule has 2 fully saturated rings. The highest BCUT2D eigenvalue weighted by atomic mass is 16.5. The van der Waals surface area contributed by atoms with Crippen molar-refractivity contribution in [3.8, 4) is 11.5 Å². The lowest BCUT2D eigenvalue weighted by Crippen LogP contribution is -2.31. The average Bonchev–Trinajstić information content (AvgIpc) is 3.37. The lowest BCUT2D eigenvalue weighted by Gasteiger charge is -2.18. The van der Waals surface area contributed by atoms with Gasteiger partial charge in [0.15, 0.2) is 0 Å². The molecule has 0 spiro atoms. The zero-order valence-electron chi connectivity index (χ0n) is 18.7. The van der Waals surface area contributed by atoms with Crippen LogP contribution in [0.3, 0.4) is 0 Å². The number of methoxy groups -OCH3 is 1.